The van der Waals surface area contributed by atoms with E-state index in [-0.39, 0.29) is 29.5 Å². The molecule has 142 valence electrons. The first-order valence-corrected chi connectivity index (χ1v) is 9.39. The van der Waals surface area contributed by atoms with E-state index in [1.807, 2.05) is 30.3 Å². The van der Waals surface area contributed by atoms with E-state index in [2.05, 4.69) is 52.1 Å². The van der Waals surface area contributed by atoms with Gasteiger partial charge in [-0.3, -0.25) is 14.2 Å². The van der Waals surface area contributed by atoms with Gasteiger partial charge in [0.15, 0.2) is 5.65 Å². The largest absolute Gasteiger partial charge is 0.347 e. The molecule has 3 aromatic rings. The maximum atomic E-state index is 12.7. The van der Waals surface area contributed by atoms with Gasteiger partial charge in [0.1, 0.15) is 22.9 Å². The Labute approximate surface area is 165 Å². The van der Waals surface area contributed by atoms with Crippen molar-refractivity contribution < 1.29 is 4.79 Å². The number of aromatic nitrogens is 4. The van der Waals surface area contributed by atoms with Crippen LogP contribution in [0.4, 0.5) is 0 Å². The van der Waals surface area contributed by atoms with Crippen molar-refractivity contribution in [3.63, 3.8) is 0 Å². The van der Waals surface area contributed by atoms with Crippen molar-refractivity contribution in [1.29, 1.82) is 0 Å². The Morgan fingerprint density at radius 3 is 2.56 bits per heavy atom. The first-order valence-electron chi connectivity index (χ1n) is 8.60. The van der Waals surface area contributed by atoms with Crippen molar-refractivity contribution in [3.05, 3.63) is 57.2 Å². The third kappa shape index (κ3) is 3.95. The molecular weight excluding hydrogens is 410 g/mol. The molecular formula is C19H22BrN5O2. The monoisotopic (exact) mass is 431 g/mol. The second kappa shape index (κ2) is 7.26. The zero-order valence-corrected chi connectivity index (χ0v) is 17.3. The highest BCUT2D eigenvalue weighted by atomic mass is 79.9. The number of aryl methyl sites for hydroxylation is 1. The third-order valence-corrected chi connectivity index (χ3v) is 4.94. The number of benzene rings is 1. The highest BCUT2D eigenvalue weighted by Crippen LogP contribution is 2.32. The van der Waals surface area contributed by atoms with Crippen LogP contribution in [0.25, 0.3) is 11.0 Å². The molecule has 1 unspecified atom stereocenters. The quantitative estimate of drug-likeness (QED) is 0.688. The Morgan fingerprint density at radius 2 is 1.93 bits per heavy atom. The Kier molecular flexibility index (Phi) is 5.19. The summed E-state index contributed by atoms with van der Waals surface area (Å²) in [5.41, 5.74) is 1.01. The molecule has 0 saturated carbocycles. The number of rotatable bonds is 4. The summed E-state index contributed by atoms with van der Waals surface area (Å²) in [6.45, 7) is 6.09. The Morgan fingerprint density at radius 1 is 1.26 bits per heavy atom. The minimum absolute atomic E-state index is 0.109. The van der Waals surface area contributed by atoms with Crippen LogP contribution >= 0.6 is 15.9 Å². The van der Waals surface area contributed by atoms with Crippen LogP contribution in [0.15, 0.2) is 46.1 Å². The molecule has 2 heterocycles. The van der Waals surface area contributed by atoms with Crippen LogP contribution in [-0.2, 0) is 18.4 Å². The molecule has 1 aromatic carbocycles. The summed E-state index contributed by atoms with van der Waals surface area (Å²) in [6.07, 6.45) is 1.38. The number of hydrogen-bond donors (Lipinski definition) is 1. The zero-order chi connectivity index (χ0) is 19.8. The van der Waals surface area contributed by atoms with Gasteiger partial charge in [0.25, 0.3) is 5.56 Å². The molecule has 0 aliphatic carbocycles. The van der Waals surface area contributed by atoms with Crippen molar-refractivity contribution >= 4 is 32.9 Å². The molecule has 0 aliphatic heterocycles. The lowest BCUT2D eigenvalue weighted by atomic mass is 9.82. The standard InChI is InChI=1S/C19H22BrN5O2/c1-19(2,3)15(12-8-6-5-7-9-12)22-13(26)10-25-11-21-17-14(18(25)27)16(20)23-24(17)4/h5-9,11,15H,10H2,1-4H3,(H,22,26). The summed E-state index contributed by atoms with van der Waals surface area (Å²) < 4.78 is 3.24. The van der Waals surface area contributed by atoms with Crippen molar-refractivity contribution in [1.82, 2.24) is 24.6 Å². The van der Waals surface area contributed by atoms with Gasteiger partial charge in [-0.15, -0.1) is 0 Å². The maximum absolute atomic E-state index is 12.7. The number of fused-ring (bicyclic) bond motifs is 1. The van der Waals surface area contributed by atoms with Crippen molar-refractivity contribution in [2.45, 2.75) is 33.4 Å². The fourth-order valence-electron chi connectivity index (χ4n) is 3.05. The van der Waals surface area contributed by atoms with E-state index in [9.17, 15) is 9.59 Å². The molecule has 0 radical (unpaired) electrons. The SMILES string of the molecule is Cn1nc(Br)c2c(=O)n(CC(=O)NC(c3ccccc3)C(C)(C)C)cnc21. The molecule has 0 fully saturated rings. The van der Waals surface area contributed by atoms with E-state index in [4.69, 9.17) is 0 Å². The van der Waals surface area contributed by atoms with Crippen molar-refractivity contribution in [2.24, 2.45) is 12.5 Å². The van der Waals surface area contributed by atoms with Gasteiger partial charge in [0, 0.05) is 7.05 Å². The lowest BCUT2D eigenvalue weighted by Gasteiger charge is -2.32. The summed E-state index contributed by atoms with van der Waals surface area (Å²) >= 11 is 3.28. The van der Waals surface area contributed by atoms with Gasteiger partial charge >= 0.3 is 0 Å². The van der Waals surface area contributed by atoms with Crippen LogP contribution in [0, 0.1) is 5.41 Å². The van der Waals surface area contributed by atoms with Gasteiger partial charge < -0.3 is 5.32 Å². The van der Waals surface area contributed by atoms with Crippen LogP contribution in [0.2, 0.25) is 0 Å². The number of carbonyl (C=O) groups excluding carboxylic acids is 1. The maximum Gasteiger partial charge on any atom is 0.266 e. The molecule has 0 spiro atoms. The van der Waals surface area contributed by atoms with E-state index in [0.717, 1.165) is 5.56 Å². The van der Waals surface area contributed by atoms with Crippen LogP contribution in [0.5, 0.6) is 0 Å². The average Bonchev–Trinajstić information content (AvgIpc) is 2.89. The lowest BCUT2D eigenvalue weighted by Crippen LogP contribution is -2.39. The van der Waals surface area contributed by atoms with E-state index < -0.39 is 0 Å². The summed E-state index contributed by atoms with van der Waals surface area (Å²) in [6, 6.07) is 9.64. The third-order valence-electron chi connectivity index (χ3n) is 4.39. The van der Waals surface area contributed by atoms with E-state index in [1.165, 1.54) is 15.6 Å². The molecule has 8 heteroatoms. The fourth-order valence-corrected chi connectivity index (χ4v) is 3.64. The Bertz CT molecular complexity index is 1030. The molecule has 3 rings (SSSR count). The highest BCUT2D eigenvalue weighted by molar-refractivity contribution is 9.10. The Hall–Kier alpha value is -2.48. The number of nitrogens with one attached hydrogen (secondary N) is 1. The molecule has 2 aromatic heterocycles. The highest BCUT2D eigenvalue weighted by Gasteiger charge is 2.28. The smallest absolute Gasteiger partial charge is 0.266 e. The molecule has 0 bridgehead atoms. The van der Waals surface area contributed by atoms with Gasteiger partial charge in [0.05, 0.1) is 6.04 Å². The molecule has 0 saturated heterocycles. The van der Waals surface area contributed by atoms with Crippen LogP contribution in [0.1, 0.15) is 32.4 Å². The van der Waals surface area contributed by atoms with E-state index in [1.54, 1.807) is 7.05 Å². The fraction of sp³-hybridized carbons (Fsp3) is 0.368. The molecule has 7 nitrogen and oxygen atoms in total. The van der Waals surface area contributed by atoms with Gasteiger partial charge in [-0.1, -0.05) is 51.1 Å². The number of hydrogen-bond acceptors (Lipinski definition) is 4. The van der Waals surface area contributed by atoms with Crippen LogP contribution < -0.4 is 10.9 Å². The normalized spacial score (nSPS) is 12.9. The second-order valence-electron chi connectivity index (χ2n) is 7.57. The van der Waals surface area contributed by atoms with Gasteiger partial charge in [-0.05, 0) is 26.9 Å². The molecule has 1 atom stereocenters. The Balaban J connectivity index is 1.87. The minimum atomic E-state index is -0.304. The summed E-state index contributed by atoms with van der Waals surface area (Å²) in [4.78, 5) is 29.7. The zero-order valence-electron chi connectivity index (χ0n) is 15.7. The molecule has 1 N–H and O–H groups in total. The lowest BCUT2D eigenvalue weighted by molar-refractivity contribution is -0.123. The number of halogens is 1. The van der Waals surface area contributed by atoms with E-state index in [0.29, 0.717) is 15.6 Å². The number of carbonyl (C=O) groups is 1. The van der Waals surface area contributed by atoms with E-state index >= 15 is 0 Å². The summed E-state index contributed by atoms with van der Waals surface area (Å²) in [5.74, 6) is -0.248. The summed E-state index contributed by atoms with van der Waals surface area (Å²) in [7, 11) is 1.71. The van der Waals surface area contributed by atoms with Crippen molar-refractivity contribution in [2.75, 3.05) is 0 Å². The molecule has 27 heavy (non-hydrogen) atoms. The number of nitrogens with zero attached hydrogens (tertiary/aromatic N) is 4. The first kappa shape index (κ1) is 19.3. The predicted octanol–water partition coefficient (Wildman–Crippen LogP) is 2.80. The average molecular weight is 432 g/mol. The van der Waals surface area contributed by atoms with Crippen molar-refractivity contribution in [3.8, 4) is 0 Å². The molecule has 0 aliphatic rings. The van der Waals surface area contributed by atoms with Crippen LogP contribution in [-0.4, -0.2) is 25.2 Å². The van der Waals surface area contributed by atoms with Gasteiger partial charge in [0.2, 0.25) is 5.91 Å². The van der Waals surface area contributed by atoms with Gasteiger partial charge in [-0.2, -0.15) is 5.10 Å². The number of amides is 1. The predicted molar refractivity (Wildman–Crippen MR) is 107 cm³/mol. The topological polar surface area (TPSA) is 81.8 Å². The van der Waals surface area contributed by atoms with Gasteiger partial charge in [-0.25, -0.2) is 9.67 Å². The first-order chi connectivity index (χ1) is 12.7. The molecule has 1 amide bonds. The summed E-state index contributed by atoms with van der Waals surface area (Å²) in [5, 5.41) is 7.57. The van der Waals surface area contributed by atoms with Crippen LogP contribution in [0.3, 0.4) is 0 Å². The minimum Gasteiger partial charge on any atom is -0.347 e. The second-order valence-corrected chi connectivity index (χ2v) is 8.32.